The maximum absolute atomic E-state index is 13.3. The fourth-order valence-corrected chi connectivity index (χ4v) is 3.79. The number of aromatic nitrogens is 1. The van der Waals surface area contributed by atoms with Crippen LogP contribution in [0.25, 0.3) is 0 Å². The quantitative estimate of drug-likeness (QED) is 0.396. The fourth-order valence-electron chi connectivity index (χ4n) is 3.79. The smallest absolute Gasteiger partial charge is 0.338 e. The molecule has 1 unspecified atom stereocenters. The largest absolute Gasteiger partial charge is 0.462 e. The van der Waals surface area contributed by atoms with E-state index in [1.54, 1.807) is 85.9 Å². The van der Waals surface area contributed by atoms with E-state index in [0.717, 1.165) is 4.90 Å². The molecule has 0 radical (unpaired) electrons. The van der Waals surface area contributed by atoms with Crippen molar-refractivity contribution in [3.8, 4) is 0 Å². The van der Waals surface area contributed by atoms with E-state index in [2.05, 4.69) is 10.3 Å². The first-order chi connectivity index (χ1) is 17.0. The SMILES string of the molecule is CCOC(=O)c1ccc(NC(=O)CC2C(=O)N(c3ccccc3)C(=O)N2Cc2ccccn2)cc1. The summed E-state index contributed by atoms with van der Waals surface area (Å²) in [6, 6.07) is 18.6. The van der Waals surface area contributed by atoms with Gasteiger partial charge >= 0.3 is 12.0 Å². The molecule has 35 heavy (non-hydrogen) atoms. The zero-order valence-corrected chi connectivity index (χ0v) is 19.1. The molecule has 0 saturated carbocycles. The molecule has 2 heterocycles. The second-order valence-electron chi connectivity index (χ2n) is 7.81. The highest BCUT2D eigenvalue weighted by Gasteiger charge is 2.46. The molecule has 9 heteroatoms. The highest BCUT2D eigenvalue weighted by atomic mass is 16.5. The third-order valence-corrected chi connectivity index (χ3v) is 5.45. The second kappa shape index (κ2) is 10.6. The molecule has 2 aromatic carbocycles. The van der Waals surface area contributed by atoms with Gasteiger partial charge in [0.15, 0.2) is 0 Å². The number of urea groups is 1. The number of esters is 1. The van der Waals surface area contributed by atoms with Gasteiger partial charge in [0, 0.05) is 11.9 Å². The number of hydrogen-bond donors (Lipinski definition) is 1. The molecule has 9 nitrogen and oxygen atoms in total. The van der Waals surface area contributed by atoms with Crippen LogP contribution in [0.3, 0.4) is 0 Å². The summed E-state index contributed by atoms with van der Waals surface area (Å²) in [5.41, 5.74) is 1.85. The molecule has 1 atom stereocenters. The number of carbonyl (C=O) groups is 4. The number of nitrogens with zero attached hydrogens (tertiary/aromatic N) is 3. The monoisotopic (exact) mass is 472 g/mol. The van der Waals surface area contributed by atoms with Crippen LogP contribution in [0.15, 0.2) is 79.0 Å². The Morgan fingerprint density at radius 2 is 1.69 bits per heavy atom. The molecule has 1 fully saturated rings. The first kappa shape index (κ1) is 23.6. The summed E-state index contributed by atoms with van der Waals surface area (Å²) in [4.78, 5) is 57.9. The number of pyridine rings is 1. The van der Waals surface area contributed by atoms with Gasteiger partial charge in [0.05, 0.1) is 36.5 Å². The van der Waals surface area contributed by atoms with Crippen molar-refractivity contribution in [2.45, 2.75) is 25.9 Å². The van der Waals surface area contributed by atoms with Crippen molar-refractivity contribution in [2.75, 3.05) is 16.8 Å². The van der Waals surface area contributed by atoms with Crippen molar-refractivity contribution < 1.29 is 23.9 Å². The standard InChI is InChI=1S/C26H24N4O5/c1-2-35-25(33)18-11-13-19(14-12-18)28-23(31)16-22-24(32)30(21-9-4-3-5-10-21)26(34)29(22)17-20-8-6-7-15-27-20/h3-15,22H,2,16-17H2,1H3,(H,28,31). The summed E-state index contributed by atoms with van der Waals surface area (Å²) in [6.07, 6.45) is 1.37. The third-order valence-electron chi connectivity index (χ3n) is 5.45. The molecular weight excluding hydrogens is 448 g/mol. The molecule has 1 aliphatic heterocycles. The lowest BCUT2D eigenvalue weighted by Gasteiger charge is -2.21. The van der Waals surface area contributed by atoms with E-state index in [0.29, 0.717) is 22.6 Å². The maximum Gasteiger partial charge on any atom is 0.338 e. The van der Waals surface area contributed by atoms with Crippen molar-refractivity contribution in [1.82, 2.24) is 9.88 Å². The Kier molecular flexibility index (Phi) is 7.15. The van der Waals surface area contributed by atoms with Crippen LogP contribution < -0.4 is 10.2 Å². The van der Waals surface area contributed by atoms with Crippen molar-refractivity contribution in [3.63, 3.8) is 0 Å². The number of amides is 4. The highest BCUT2D eigenvalue weighted by Crippen LogP contribution is 2.28. The van der Waals surface area contributed by atoms with Crippen LogP contribution >= 0.6 is 0 Å². The molecule has 0 spiro atoms. The average molecular weight is 473 g/mol. The number of benzene rings is 2. The van der Waals surface area contributed by atoms with E-state index < -0.39 is 29.9 Å². The molecular formula is C26H24N4O5. The summed E-state index contributed by atoms with van der Waals surface area (Å²) < 4.78 is 4.96. The molecule has 0 bridgehead atoms. The first-order valence-electron chi connectivity index (χ1n) is 11.1. The minimum atomic E-state index is -0.997. The Morgan fingerprint density at radius 1 is 0.971 bits per heavy atom. The molecule has 4 amide bonds. The van der Waals surface area contributed by atoms with Crippen LogP contribution in [-0.4, -0.2) is 46.3 Å². The lowest BCUT2D eigenvalue weighted by Crippen LogP contribution is -2.37. The number of hydrogen-bond acceptors (Lipinski definition) is 6. The Labute approximate surface area is 202 Å². The molecule has 3 aromatic rings. The zero-order valence-electron chi connectivity index (χ0n) is 19.1. The normalized spacial score (nSPS) is 15.3. The number of para-hydroxylation sites is 1. The summed E-state index contributed by atoms with van der Waals surface area (Å²) in [7, 11) is 0. The van der Waals surface area contributed by atoms with Gasteiger partial charge in [0.2, 0.25) is 5.91 Å². The summed E-state index contributed by atoms with van der Waals surface area (Å²) in [6.45, 7) is 2.07. The average Bonchev–Trinajstić information content (AvgIpc) is 3.09. The zero-order chi connectivity index (χ0) is 24.8. The van der Waals surface area contributed by atoms with Gasteiger partial charge in [-0.25, -0.2) is 14.5 Å². The number of carbonyl (C=O) groups excluding carboxylic acids is 4. The summed E-state index contributed by atoms with van der Waals surface area (Å²) in [5.74, 6) is -1.38. The van der Waals surface area contributed by atoms with Crippen molar-refractivity contribution >= 4 is 35.2 Å². The van der Waals surface area contributed by atoms with Gasteiger partial charge < -0.3 is 15.0 Å². The van der Waals surface area contributed by atoms with Gasteiger partial charge in [-0.2, -0.15) is 0 Å². The summed E-state index contributed by atoms with van der Waals surface area (Å²) >= 11 is 0. The van der Waals surface area contributed by atoms with Crippen LogP contribution in [0.4, 0.5) is 16.2 Å². The van der Waals surface area contributed by atoms with E-state index in [-0.39, 0.29) is 19.6 Å². The van der Waals surface area contributed by atoms with Gasteiger partial charge in [-0.3, -0.25) is 14.6 Å². The Hall–Kier alpha value is -4.53. The van der Waals surface area contributed by atoms with E-state index in [4.69, 9.17) is 4.74 Å². The lowest BCUT2D eigenvalue weighted by atomic mass is 10.1. The molecule has 178 valence electrons. The van der Waals surface area contributed by atoms with Crippen LogP contribution in [0.1, 0.15) is 29.4 Å². The number of nitrogens with one attached hydrogen (secondary N) is 1. The van der Waals surface area contributed by atoms with Crippen LogP contribution in [-0.2, 0) is 20.9 Å². The Balaban J connectivity index is 1.52. The summed E-state index contributed by atoms with van der Waals surface area (Å²) in [5, 5.41) is 2.73. The molecule has 1 N–H and O–H groups in total. The predicted molar refractivity (Wildman–Crippen MR) is 129 cm³/mol. The Bertz CT molecular complexity index is 1220. The number of imide groups is 1. The number of ether oxygens (including phenoxy) is 1. The number of rotatable bonds is 8. The molecule has 1 aliphatic rings. The first-order valence-corrected chi connectivity index (χ1v) is 11.1. The topological polar surface area (TPSA) is 109 Å². The highest BCUT2D eigenvalue weighted by molar-refractivity contribution is 6.22. The third kappa shape index (κ3) is 5.35. The molecule has 1 aromatic heterocycles. The van der Waals surface area contributed by atoms with E-state index in [1.807, 2.05) is 0 Å². The van der Waals surface area contributed by atoms with Gasteiger partial charge in [0.25, 0.3) is 5.91 Å². The fraction of sp³-hybridized carbons (Fsp3) is 0.192. The molecule has 1 saturated heterocycles. The minimum Gasteiger partial charge on any atom is -0.462 e. The second-order valence-corrected chi connectivity index (χ2v) is 7.81. The maximum atomic E-state index is 13.3. The molecule has 4 rings (SSSR count). The molecule has 0 aliphatic carbocycles. The van der Waals surface area contributed by atoms with E-state index in [1.165, 1.54) is 4.90 Å². The van der Waals surface area contributed by atoms with Crippen molar-refractivity contribution in [1.29, 1.82) is 0 Å². The lowest BCUT2D eigenvalue weighted by molar-refractivity contribution is -0.124. The van der Waals surface area contributed by atoms with E-state index in [9.17, 15) is 19.2 Å². The number of anilines is 2. The minimum absolute atomic E-state index is 0.0843. The Morgan fingerprint density at radius 3 is 2.34 bits per heavy atom. The van der Waals surface area contributed by atoms with Crippen LogP contribution in [0.5, 0.6) is 0 Å². The van der Waals surface area contributed by atoms with Crippen LogP contribution in [0.2, 0.25) is 0 Å². The van der Waals surface area contributed by atoms with Gasteiger partial charge in [-0.05, 0) is 55.5 Å². The van der Waals surface area contributed by atoms with Crippen molar-refractivity contribution in [2.24, 2.45) is 0 Å². The van der Waals surface area contributed by atoms with Crippen LogP contribution in [0, 0.1) is 0 Å². The van der Waals surface area contributed by atoms with E-state index >= 15 is 0 Å². The van der Waals surface area contributed by atoms with Gasteiger partial charge in [0.1, 0.15) is 6.04 Å². The van der Waals surface area contributed by atoms with Gasteiger partial charge in [-0.1, -0.05) is 24.3 Å². The van der Waals surface area contributed by atoms with Gasteiger partial charge in [-0.15, -0.1) is 0 Å². The van der Waals surface area contributed by atoms with Crippen molar-refractivity contribution in [3.05, 3.63) is 90.3 Å². The predicted octanol–water partition coefficient (Wildman–Crippen LogP) is 3.62.